The summed E-state index contributed by atoms with van der Waals surface area (Å²) in [5.74, 6) is -0.115. The summed E-state index contributed by atoms with van der Waals surface area (Å²) in [5.41, 5.74) is 0. The van der Waals surface area contributed by atoms with Crippen LogP contribution in [0.2, 0.25) is 0 Å². The first kappa shape index (κ1) is 18.3. The van der Waals surface area contributed by atoms with Gasteiger partial charge in [-0.3, -0.25) is 4.79 Å². The highest BCUT2D eigenvalue weighted by Gasteiger charge is 2.24. The lowest BCUT2D eigenvalue weighted by Gasteiger charge is -2.19. The van der Waals surface area contributed by atoms with Gasteiger partial charge in [-0.05, 0) is 26.2 Å². The first-order valence-electron chi connectivity index (χ1n) is 6.52. The van der Waals surface area contributed by atoms with Crippen molar-refractivity contribution in [2.75, 3.05) is 19.4 Å². The lowest BCUT2D eigenvalue weighted by atomic mass is 10.1. The van der Waals surface area contributed by atoms with Gasteiger partial charge in [0.1, 0.15) is 0 Å². The topological polar surface area (TPSA) is 84.5 Å². The molecule has 114 valence electrons. The second kappa shape index (κ2) is 8.50. The molecule has 0 aromatic carbocycles. The van der Waals surface area contributed by atoms with Gasteiger partial charge in [-0.1, -0.05) is 13.8 Å². The highest BCUT2D eigenvalue weighted by atomic mass is 32.2. The molecule has 0 aliphatic heterocycles. The summed E-state index contributed by atoms with van der Waals surface area (Å²) in [6, 6.07) is -0.776. The summed E-state index contributed by atoms with van der Waals surface area (Å²) in [5, 5.41) is 2.57. The van der Waals surface area contributed by atoms with Gasteiger partial charge in [-0.15, -0.1) is 0 Å². The van der Waals surface area contributed by atoms with Crippen molar-refractivity contribution < 1.29 is 17.9 Å². The van der Waals surface area contributed by atoms with Crippen molar-refractivity contribution in [2.24, 2.45) is 5.92 Å². The van der Waals surface area contributed by atoms with Crippen LogP contribution < -0.4 is 10.0 Å². The molecule has 19 heavy (non-hydrogen) atoms. The fraction of sp³-hybridized carbons (Fsp3) is 0.917. The molecule has 2 unspecified atom stereocenters. The van der Waals surface area contributed by atoms with E-state index in [1.54, 1.807) is 6.92 Å². The molecule has 2 atom stereocenters. The predicted octanol–water partition coefficient (Wildman–Crippen LogP) is 0.492. The number of carbonyl (C=O) groups excluding carboxylic acids is 1. The molecule has 0 aromatic heterocycles. The molecule has 0 heterocycles. The molecular formula is C12H26N2O4S. The van der Waals surface area contributed by atoms with Crippen LogP contribution in [0.3, 0.4) is 0 Å². The lowest BCUT2D eigenvalue weighted by molar-refractivity contribution is -0.122. The molecule has 1 amide bonds. The molecule has 0 aromatic rings. The van der Waals surface area contributed by atoms with E-state index in [1.165, 1.54) is 14.0 Å². The van der Waals surface area contributed by atoms with Crippen molar-refractivity contribution in [1.29, 1.82) is 0 Å². The van der Waals surface area contributed by atoms with Crippen molar-refractivity contribution >= 4 is 15.9 Å². The Hall–Kier alpha value is -0.660. The monoisotopic (exact) mass is 294 g/mol. The summed E-state index contributed by atoms with van der Waals surface area (Å²) in [6.07, 6.45) is 0.298. The maximum atomic E-state index is 11.9. The van der Waals surface area contributed by atoms with E-state index in [2.05, 4.69) is 10.0 Å². The van der Waals surface area contributed by atoms with Gasteiger partial charge in [0.15, 0.2) is 0 Å². The highest BCUT2D eigenvalue weighted by Crippen LogP contribution is 2.09. The van der Waals surface area contributed by atoms with Crippen LogP contribution in [0.1, 0.15) is 34.1 Å². The third kappa shape index (κ3) is 8.18. The molecule has 0 bridgehead atoms. The Morgan fingerprint density at radius 3 is 2.26 bits per heavy atom. The quantitative estimate of drug-likeness (QED) is 0.648. The van der Waals surface area contributed by atoms with Crippen LogP contribution in [0.4, 0.5) is 0 Å². The summed E-state index contributed by atoms with van der Waals surface area (Å²) >= 11 is 0. The average Bonchev–Trinajstić information content (AvgIpc) is 2.26. The van der Waals surface area contributed by atoms with E-state index < -0.39 is 16.1 Å². The number of methoxy groups -OCH3 is 1. The SMILES string of the molecule is CCNC(=O)C(C)NS(=O)(=O)CC(CC(C)C)OC. The molecule has 0 radical (unpaired) electrons. The predicted molar refractivity (Wildman–Crippen MR) is 75.3 cm³/mol. The Kier molecular flexibility index (Phi) is 8.20. The zero-order valence-electron chi connectivity index (χ0n) is 12.4. The number of hydrogen-bond acceptors (Lipinski definition) is 4. The van der Waals surface area contributed by atoms with Crippen molar-refractivity contribution in [3.05, 3.63) is 0 Å². The lowest BCUT2D eigenvalue weighted by Crippen LogP contribution is -2.46. The molecule has 0 rings (SSSR count). The average molecular weight is 294 g/mol. The minimum atomic E-state index is -3.54. The van der Waals surface area contributed by atoms with Crippen molar-refractivity contribution in [3.63, 3.8) is 0 Å². The number of ether oxygens (including phenoxy) is 1. The van der Waals surface area contributed by atoms with Crippen LogP contribution in [0, 0.1) is 5.92 Å². The highest BCUT2D eigenvalue weighted by molar-refractivity contribution is 7.89. The molecule has 0 aliphatic carbocycles. The van der Waals surface area contributed by atoms with Crippen LogP contribution in [0.25, 0.3) is 0 Å². The molecule has 0 spiro atoms. The van der Waals surface area contributed by atoms with Crippen LogP contribution in [0.15, 0.2) is 0 Å². The molecule has 0 aliphatic rings. The zero-order chi connectivity index (χ0) is 15.1. The molecule has 0 saturated heterocycles. The van der Waals surface area contributed by atoms with Gasteiger partial charge in [0.2, 0.25) is 15.9 Å². The van der Waals surface area contributed by atoms with E-state index in [0.717, 1.165) is 0 Å². The van der Waals surface area contributed by atoms with Crippen LogP contribution in [-0.2, 0) is 19.6 Å². The van der Waals surface area contributed by atoms with Gasteiger partial charge in [-0.25, -0.2) is 13.1 Å². The number of rotatable bonds is 9. The Balaban J connectivity index is 4.49. The van der Waals surface area contributed by atoms with E-state index in [9.17, 15) is 13.2 Å². The van der Waals surface area contributed by atoms with E-state index in [0.29, 0.717) is 18.9 Å². The van der Waals surface area contributed by atoms with E-state index in [4.69, 9.17) is 4.74 Å². The van der Waals surface area contributed by atoms with Gasteiger partial charge in [0, 0.05) is 13.7 Å². The van der Waals surface area contributed by atoms with Crippen molar-refractivity contribution in [1.82, 2.24) is 10.0 Å². The van der Waals surface area contributed by atoms with E-state index in [-0.39, 0.29) is 17.8 Å². The Morgan fingerprint density at radius 2 is 1.84 bits per heavy atom. The van der Waals surface area contributed by atoms with E-state index >= 15 is 0 Å². The van der Waals surface area contributed by atoms with E-state index in [1.807, 2.05) is 13.8 Å². The molecule has 0 saturated carbocycles. The van der Waals surface area contributed by atoms with Crippen molar-refractivity contribution in [3.8, 4) is 0 Å². The first-order chi connectivity index (χ1) is 8.71. The third-order valence-corrected chi connectivity index (χ3v) is 4.10. The number of nitrogens with one attached hydrogen (secondary N) is 2. The molecule has 6 nitrogen and oxygen atoms in total. The number of likely N-dealkylation sites (N-methyl/N-ethyl adjacent to an activating group) is 1. The van der Waals surface area contributed by atoms with Gasteiger partial charge in [0.25, 0.3) is 0 Å². The maximum Gasteiger partial charge on any atom is 0.237 e. The molecule has 0 fully saturated rings. The molecule has 7 heteroatoms. The van der Waals surface area contributed by atoms with Gasteiger partial charge in [-0.2, -0.15) is 0 Å². The second-order valence-electron chi connectivity index (χ2n) is 5.00. The zero-order valence-corrected chi connectivity index (χ0v) is 13.2. The minimum Gasteiger partial charge on any atom is -0.380 e. The van der Waals surface area contributed by atoms with Gasteiger partial charge in [0.05, 0.1) is 17.9 Å². The minimum absolute atomic E-state index is 0.134. The Bertz CT molecular complexity index is 368. The summed E-state index contributed by atoms with van der Waals surface area (Å²) < 4.78 is 31.4. The smallest absolute Gasteiger partial charge is 0.237 e. The van der Waals surface area contributed by atoms with Crippen LogP contribution in [-0.4, -0.2) is 45.9 Å². The summed E-state index contributed by atoms with van der Waals surface area (Å²) in [4.78, 5) is 11.5. The number of sulfonamides is 1. The molecule has 2 N–H and O–H groups in total. The standard InChI is InChI=1S/C12H26N2O4S/c1-6-13-12(15)10(4)14-19(16,17)8-11(18-5)7-9(2)3/h9-11,14H,6-8H2,1-5H3,(H,13,15). The summed E-state index contributed by atoms with van der Waals surface area (Å²) in [7, 11) is -2.04. The van der Waals surface area contributed by atoms with Crippen LogP contribution >= 0.6 is 0 Å². The molecular weight excluding hydrogens is 268 g/mol. The van der Waals surface area contributed by atoms with Crippen LogP contribution in [0.5, 0.6) is 0 Å². The Morgan fingerprint density at radius 1 is 1.26 bits per heavy atom. The van der Waals surface area contributed by atoms with Gasteiger partial charge >= 0.3 is 0 Å². The fourth-order valence-electron chi connectivity index (χ4n) is 1.70. The van der Waals surface area contributed by atoms with Crippen molar-refractivity contribution in [2.45, 2.75) is 46.3 Å². The Labute approximate surface area is 116 Å². The number of amides is 1. The largest absolute Gasteiger partial charge is 0.380 e. The second-order valence-corrected chi connectivity index (χ2v) is 6.80. The van der Waals surface area contributed by atoms with Gasteiger partial charge < -0.3 is 10.1 Å². The fourth-order valence-corrected chi connectivity index (χ4v) is 3.20. The number of hydrogen-bond donors (Lipinski definition) is 2. The summed E-state index contributed by atoms with van der Waals surface area (Å²) in [6.45, 7) is 7.78. The third-order valence-electron chi connectivity index (χ3n) is 2.57. The normalized spacial score (nSPS) is 15.3. The first-order valence-corrected chi connectivity index (χ1v) is 8.17. The number of carbonyl (C=O) groups is 1. The maximum absolute atomic E-state index is 11.9.